The molecule has 2 rings (SSSR count). The summed E-state index contributed by atoms with van der Waals surface area (Å²) < 4.78 is 0. The van der Waals surface area contributed by atoms with Gasteiger partial charge in [-0.2, -0.15) is 0 Å². The highest BCUT2D eigenvalue weighted by Gasteiger charge is 2.22. The van der Waals surface area contributed by atoms with Crippen LogP contribution in [0.5, 0.6) is 0 Å². The van der Waals surface area contributed by atoms with Gasteiger partial charge in [-0.3, -0.25) is 4.90 Å². The average Bonchev–Trinajstić information content (AvgIpc) is 2.62. The third-order valence-corrected chi connectivity index (χ3v) is 4.62. The van der Waals surface area contributed by atoms with Crippen molar-refractivity contribution in [2.75, 3.05) is 19.6 Å². The number of hydrogen-bond donors (Lipinski definition) is 1. The number of hydrogen-bond acceptors (Lipinski definition) is 2. The first-order valence-electron chi connectivity index (χ1n) is 8.60. The summed E-state index contributed by atoms with van der Waals surface area (Å²) in [5.74, 6) is 0. The fourth-order valence-electron chi connectivity index (χ4n) is 3.07. The van der Waals surface area contributed by atoms with E-state index in [4.69, 9.17) is 0 Å². The van der Waals surface area contributed by atoms with E-state index in [0.29, 0.717) is 5.41 Å². The van der Waals surface area contributed by atoms with Crippen LogP contribution in [-0.4, -0.2) is 24.5 Å². The molecule has 118 valence electrons. The van der Waals surface area contributed by atoms with Crippen molar-refractivity contribution in [1.82, 2.24) is 10.2 Å². The molecule has 1 aromatic carbocycles. The van der Waals surface area contributed by atoms with Crippen LogP contribution >= 0.6 is 0 Å². The summed E-state index contributed by atoms with van der Waals surface area (Å²) in [6.07, 6.45) is 5.23. The Kier molecular flexibility index (Phi) is 6.25. The van der Waals surface area contributed by atoms with Gasteiger partial charge < -0.3 is 5.32 Å². The maximum Gasteiger partial charge on any atom is 0.0233 e. The summed E-state index contributed by atoms with van der Waals surface area (Å²) in [6.45, 7) is 12.7. The first-order valence-corrected chi connectivity index (χ1v) is 8.60. The maximum absolute atomic E-state index is 3.46. The Morgan fingerprint density at radius 1 is 1.05 bits per heavy atom. The predicted molar refractivity (Wildman–Crippen MR) is 91.3 cm³/mol. The molecule has 0 saturated carbocycles. The van der Waals surface area contributed by atoms with E-state index in [9.17, 15) is 0 Å². The molecule has 0 aromatic heterocycles. The molecular formula is C19H32N2. The van der Waals surface area contributed by atoms with Crippen LogP contribution in [-0.2, 0) is 13.1 Å². The van der Waals surface area contributed by atoms with Gasteiger partial charge in [0, 0.05) is 13.1 Å². The van der Waals surface area contributed by atoms with Crippen molar-refractivity contribution in [3.05, 3.63) is 35.4 Å². The van der Waals surface area contributed by atoms with Gasteiger partial charge in [-0.05, 0) is 61.9 Å². The second-order valence-corrected chi connectivity index (χ2v) is 7.29. The molecule has 2 nitrogen and oxygen atoms in total. The monoisotopic (exact) mass is 288 g/mol. The topological polar surface area (TPSA) is 15.3 Å². The van der Waals surface area contributed by atoms with E-state index in [1.165, 1.54) is 49.9 Å². The van der Waals surface area contributed by atoms with E-state index in [1.807, 2.05) is 0 Å². The Bertz CT molecular complexity index is 408. The summed E-state index contributed by atoms with van der Waals surface area (Å²) in [6, 6.07) is 9.16. The largest absolute Gasteiger partial charge is 0.313 e. The molecular weight excluding hydrogens is 256 g/mol. The third kappa shape index (κ3) is 5.80. The fraction of sp³-hybridized carbons (Fsp3) is 0.684. The summed E-state index contributed by atoms with van der Waals surface area (Å²) >= 11 is 0. The van der Waals surface area contributed by atoms with Gasteiger partial charge in [0.25, 0.3) is 0 Å². The van der Waals surface area contributed by atoms with Gasteiger partial charge in [-0.1, -0.05) is 45.0 Å². The Morgan fingerprint density at radius 2 is 1.76 bits per heavy atom. The highest BCUT2D eigenvalue weighted by molar-refractivity contribution is 5.22. The Labute approximate surface area is 130 Å². The van der Waals surface area contributed by atoms with Crippen molar-refractivity contribution in [1.29, 1.82) is 0 Å². The zero-order valence-electron chi connectivity index (χ0n) is 14.1. The van der Waals surface area contributed by atoms with E-state index in [-0.39, 0.29) is 0 Å². The van der Waals surface area contributed by atoms with Crippen LogP contribution in [0.25, 0.3) is 0 Å². The molecule has 0 spiro atoms. The van der Waals surface area contributed by atoms with Gasteiger partial charge in [0.15, 0.2) is 0 Å². The molecule has 1 fully saturated rings. The summed E-state index contributed by atoms with van der Waals surface area (Å²) in [5, 5.41) is 3.46. The molecule has 0 atom stereocenters. The highest BCUT2D eigenvalue weighted by atomic mass is 15.1. The summed E-state index contributed by atoms with van der Waals surface area (Å²) in [5.41, 5.74) is 3.38. The fourth-order valence-corrected chi connectivity index (χ4v) is 3.07. The van der Waals surface area contributed by atoms with E-state index in [1.54, 1.807) is 0 Å². The minimum atomic E-state index is 0.531. The minimum absolute atomic E-state index is 0.531. The van der Waals surface area contributed by atoms with Crippen molar-refractivity contribution >= 4 is 0 Å². The first-order chi connectivity index (χ1) is 10.1. The molecule has 1 saturated heterocycles. The van der Waals surface area contributed by atoms with Crippen molar-refractivity contribution < 1.29 is 0 Å². The summed E-state index contributed by atoms with van der Waals surface area (Å²) in [4.78, 5) is 2.62. The quantitative estimate of drug-likeness (QED) is 0.789. The average molecular weight is 288 g/mol. The molecule has 0 radical (unpaired) electrons. The molecule has 0 bridgehead atoms. The number of benzene rings is 1. The molecule has 0 amide bonds. The molecule has 0 unspecified atom stereocenters. The van der Waals surface area contributed by atoms with Gasteiger partial charge in [0.2, 0.25) is 0 Å². The Morgan fingerprint density at radius 3 is 2.48 bits per heavy atom. The maximum atomic E-state index is 3.46. The highest BCUT2D eigenvalue weighted by Crippen LogP contribution is 2.30. The number of nitrogens with one attached hydrogen (secondary N) is 1. The van der Waals surface area contributed by atoms with Gasteiger partial charge >= 0.3 is 0 Å². The number of nitrogens with zero attached hydrogens (tertiary/aromatic N) is 1. The number of likely N-dealkylation sites (tertiary alicyclic amines) is 1. The van der Waals surface area contributed by atoms with Gasteiger partial charge in [-0.25, -0.2) is 0 Å². The van der Waals surface area contributed by atoms with Gasteiger partial charge in [0.1, 0.15) is 0 Å². The lowest BCUT2D eigenvalue weighted by molar-refractivity contribution is 0.256. The number of rotatable bonds is 6. The third-order valence-electron chi connectivity index (χ3n) is 4.62. The molecule has 1 N–H and O–H groups in total. The Hall–Kier alpha value is -0.860. The second-order valence-electron chi connectivity index (χ2n) is 7.29. The van der Waals surface area contributed by atoms with E-state index >= 15 is 0 Å². The molecule has 1 aliphatic heterocycles. The molecule has 21 heavy (non-hydrogen) atoms. The molecule has 0 aliphatic carbocycles. The first kappa shape index (κ1) is 16.5. The minimum Gasteiger partial charge on any atom is -0.313 e. The second kappa shape index (κ2) is 7.95. The predicted octanol–water partition coefficient (Wildman–Crippen LogP) is 4.20. The van der Waals surface area contributed by atoms with Gasteiger partial charge in [-0.15, -0.1) is 0 Å². The molecule has 2 heteroatoms. The van der Waals surface area contributed by atoms with Crippen LogP contribution in [0.4, 0.5) is 0 Å². The van der Waals surface area contributed by atoms with Crippen LogP contribution in [0.2, 0.25) is 0 Å². The van der Waals surface area contributed by atoms with E-state index < -0.39 is 0 Å². The van der Waals surface area contributed by atoms with Crippen molar-refractivity contribution in [3.63, 3.8) is 0 Å². The van der Waals surface area contributed by atoms with E-state index in [0.717, 1.165) is 19.6 Å². The molecule has 1 aromatic rings. The zero-order chi connectivity index (χ0) is 15.1. The lowest BCUT2D eigenvalue weighted by Gasteiger charge is -2.23. The van der Waals surface area contributed by atoms with Crippen LogP contribution in [0.3, 0.4) is 0 Å². The zero-order valence-corrected chi connectivity index (χ0v) is 14.1. The lowest BCUT2D eigenvalue weighted by Crippen LogP contribution is -2.25. The molecule has 1 heterocycles. The van der Waals surface area contributed by atoms with E-state index in [2.05, 4.69) is 55.3 Å². The van der Waals surface area contributed by atoms with Crippen LogP contribution in [0.15, 0.2) is 24.3 Å². The lowest BCUT2D eigenvalue weighted by atomic mass is 9.85. The van der Waals surface area contributed by atoms with Crippen molar-refractivity contribution in [2.45, 2.75) is 59.5 Å². The van der Waals surface area contributed by atoms with Crippen molar-refractivity contribution in [3.8, 4) is 0 Å². The van der Waals surface area contributed by atoms with Crippen molar-refractivity contribution in [2.24, 2.45) is 5.41 Å². The van der Waals surface area contributed by atoms with Crippen LogP contribution in [0, 0.1) is 5.41 Å². The Balaban J connectivity index is 1.82. The molecule has 1 aliphatic rings. The van der Waals surface area contributed by atoms with Crippen LogP contribution < -0.4 is 5.32 Å². The van der Waals surface area contributed by atoms with Crippen LogP contribution in [0.1, 0.15) is 57.6 Å². The smallest absolute Gasteiger partial charge is 0.0233 e. The summed E-state index contributed by atoms with van der Waals surface area (Å²) in [7, 11) is 0. The standard InChI is InChI=1S/C19H32N2/c1-4-12-20-15-17-6-8-18(9-7-17)16-21-13-5-10-19(2,3)11-14-21/h6-9,20H,4-5,10-16H2,1-3H3. The SMILES string of the molecule is CCCNCc1ccc(CN2CCCC(C)(C)CC2)cc1. The van der Waals surface area contributed by atoms with Gasteiger partial charge in [0.05, 0.1) is 0 Å². The normalized spacial score (nSPS) is 19.4.